The Hall–Kier alpha value is -2.42. The van der Waals surface area contributed by atoms with Gasteiger partial charge in [0.1, 0.15) is 5.75 Å². The van der Waals surface area contributed by atoms with Gasteiger partial charge < -0.3 is 13.6 Å². The molecule has 0 fully saturated rings. The molecule has 0 amide bonds. The molecular weight excluding hydrogens is 228 g/mol. The Morgan fingerprint density at radius 1 is 0.889 bits per heavy atom. The number of methoxy groups -OCH3 is 1. The highest BCUT2D eigenvalue weighted by Gasteiger charge is 2.13. The van der Waals surface area contributed by atoms with E-state index in [1.54, 1.807) is 19.6 Å². The zero-order valence-electron chi connectivity index (χ0n) is 9.92. The second kappa shape index (κ2) is 4.45. The van der Waals surface area contributed by atoms with Gasteiger partial charge in [0.2, 0.25) is 0 Å². The van der Waals surface area contributed by atoms with E-state index in [1.165, 1.54) is 0 Å². The second-order valence-electron chi connectivity index (χ2n) is 3.87. The molecule has 3 heteroatoms. The molecule has 0 saturated carbocycles. The molecule has 3 nitrogen and oxygen atoms in total. The van der Waals surface area contributed by atoms with E-state index in [0.717, 1.165) is 28.4 Å². The Morgan fingerprint density at radius 2 is 1.72 bits per heavy atom. The highest BCUT2D eigenvalue weighted by molar-refractivity contribution is 5.77. The zero-order chi connectivity index (χ0) is 12.4. The second-order valence-corrected chi connectivity index (χ2v) is 3.87. The molecule has 2 aromatic heterocycles. The van der Waals surface area contributed by atoms with Gasteiger partial charge in [0.05, 0.1) is 19.6 Å². The molecule has 0 spiro atoms. The van der Waals surface area contributed by atoms with E-state index < -0.39 is 0 Å². The summed E-state index contributed by atoms with van der Waals surface area (Å²) in [6.07, 6.45) is 3.30. The van der Waals surface area contributed by atoms with Crippen LogP contribution in [0.3, 0.4) is 0 Å². The molecule has 0 N–H and O–H groups in total. The van der Waals surface area contributed by atoms with Crippen LogP contribution in [0.2, 0.25) is 0 Å². The Balaban J connectivity index is 2.04. The van der Waals surface area contributed by atoms with Crippen LogP contribution >= 0.6 is 0 Å². The first-order valence-corrected chi connectivity index (χ1v) is 5.64. The van der Waals surface area contributed by atoms with Crippen LogP contribution in [0.5, 0.6) is 5.75 Å². The minimum Gasteiger partial charge on any atom is -0.497 e. The predicted molar refractivity (Wildman–Crippen MR) is 68.4 cm³/mol. The summed E-state index contributed by atoms with van der Waals surface area (Å²) in [5, 5.41) is 0. The van der Waals surface area contributed by atoms with Crippen molar-refractivity contribution in [2.45, 2.75) is 0 Å². The van der Waals surface area contributed by atoms with Crippen LogP contribution in [0.15, 0.2) is 63.8 Å². The molecule has 0 aliphatic carbocycles. The van der Waals surface area contributed by atoms with Crippen molar-refractivity contribution in [2.24, 2.45) is 0 Å². The van der Waals surface area contributed by atoms with E-state index in [-0.39, 0.29) is 0 Å². The van der Waals surface area contributed by atoms with Crippen molar-refractivity contribution in [3.8, 4) is 28.4 Å². The molecule has 0 aliphatic heterocycles. The van der Waals surface area contributed by atoms with Crippen LogP contribution in [0.1, 0.15) is 0 Å². The first-order valence-electron chi connectivity index (χ1n) is 5.64. The van der Waals surface area contributed by atoms with Gasteiger partial charge in [-0.05, 0) is 35.9 Å². The number of hydrogen-bond acceptors (Lipinski definition) is 3. The first kappa shape index (κ1) is 10.7. The molecule has 0 bridgehead atoms. The van der Waals surface area contributed by atoms with Gasteiger partial charge in [0, 0.05) is 5.56 Å². The third-order valence-corrected chi connectivity index (χ3v) is 2.81. The highest BCUT2D eigenvalue weighted by Crippen LogP contribution is 2.33. The van der Waals surface area contributed by atoms with Crippen molar-refractivity contribution in [1.29, 1.82) is 0 Å². The van der Waals surface area contributed by atoms with Crippen molar-refractivity contribution in [3.05, 3.63) is 55.0 Å². The van der Waals surface area contributed by atoms with Gasteiger partial charge in [-0.1, -0.05) is 12.1 Å². The maximum atomic E-state index is 5.50. The van der Waals surface area contributed by atoms with E-state index in [1.807, 2.05) is 42.5 Å². The van der Waals surface area contributed by atoms with Gasteiger partial charge in [0.15, 0.2) is 11.5 Å². The minimum absolute atomic E-state index is 0.728. The fraction of sp³-hybridized carbons (Fsp3) is 0.0667. The van der Waals surface area contributed by atoms with Crippen LogP contribution < -0.4 is 4.74 Å². The molecule has 1 aromatic carbocycles. The Kier molecular flexibility index (Phi) is 2.65. The van der Waals surface area contributed by atoms with Crippen LogP contribution in [0.4, 0.5) is 0 Å². The lowest BCUT2D eigenvalue weighted by atomic mass is 10.1. The standard InChI is InChI=1S/C15H12O3/c1-16-12-6-4-11(5-7-12)13-8-10-18-15(13)14-3-2-9-17-14/h2-10H,1H3. The third-order valence-electron chi connectivity index (χ3n) is 2.81. The van der Waals surface area contributed by atoms with Gasteiger partial charge in [-0.3, -0.25) is 0 Å². The zero-order valence-corrected chi connectivity index (χ0v) is 9.92. The normalized spacial score (nSPS) is 10.5. The summed E-state index contributed by atoms with van der Waals surface area (Å²) in [4.78, 5) is 0. The molecule has 2 heterocycles. The van der Waals surface area contributed by atoms with Gasteiger partial charge in [-0.15, -0.1) is 0 Å². The minimum atomic E-state index is 0.728. The van der Waals surface area contributed by atoms with E-state index in [0.29, 0.717) is 0 Å². The summed E-state index contributed by atoms with van der Waals surface area (Å²) >= 11 is 0. The highest BCUT2D eigenvalue weighted by atomic mass is 16.5. The van der Waals surface area contributed by atoms with Crippen molar-refractivity contribution in [1.82, 2.24) is 0 Å². The van der Waals surface area contributed by atoms with Crippen LogP contribution in [-0.4, -0.2) is 7.11 Å². The summed E-state index contributed by atoms with van der Waals surface area (Å²) in [6.45, 7) is 0. The molecule has 3 rings (SSSR count). The van der Waals surface area contributed by atoms with Crippen LogP contribution in [-0.2, 0) is 0 Å². The molecule has 0 saturated heterocycles. The number of furan rings is 2. The summed E-state index contributed by atoms with van der Waals surface area (Å²) in [5.74, 6) is 2.30. The number of rotatable bonds is 3. The lowest BCUT2D eigenvalue weighted by Crippen LogP contribution is -1.82. The Bertz CT molecular complexity index is 618. The predicted octanol–water partition coefficient (Wildman–Crippen LogP) is 4.22. The monoisotopic (exact) mass is 240 g/mol. The molecular formula is C15H12O3. The van der Waals surface area contributed by atoms with E-state index in [4.69, 9.17) is 13.6 Å². The summed E-state index contributed by atoms with van der Waals surface area (Å²) in [7, 11) is 1.65. The van der Waals surface area contributed by atoms with Gasteiger partial charge in [-0.2, -0.15) is 0 Å². The molecule has 90 valence electrons. The van der Waals surface area contributed by atoms with Crippen LogP contribution in [0.25, 0.3) is 22.6 Å². The van der Waals surface area contributed by atoms with Crippen molar-refractivity contribution in [3.63, 3.8) is 0 Å². The van der Waals surface area contributed by atoms with Gasteiger partial charge in [-0.25, -0.2) is 0 Å². The quantitative estimate of drug-likeness (QED) is 0.687. The fourth-order valence-electron chi connectivity index (χ4n) is 1.91. The lowest BCUT2D eigenvalue weighted by molar-refractivity contribution is 0.415. The maximum Gasteiger partial charge on any atom is 0.176 e. The molecule has 0 unspecified atom stereocenters. The first-order chi connectivity index (χ1) is 8.88. The third kappa shape index (κ3) is 1.80. The summed E-state index contributed by atoms with van der Waals surface area (Å²) in [6, 6.07) is 13.5. The van der Waals surface area contributed by atoms with Crippen LogP contribution in [0, 0.1) is 0 Å². The topological polar surface area (TPSA) is 35.5 Å². The molecule has 18 heavy (non-hydrogen) atoms. The molecule has 0 atom stereocenters. The SMILES string of the molecule is COc1ccc(-c2ccoc2-c2ccco2)cc1. The van der Waals surface area contributed by atoms with Crippen molar-refractivity contribution in [2.75, 3.05) is 7.11 Å². The van der Waals surface area contributed by atoms with E-state index in [2.05, 4.69) is 0 Å². The van der Waals surface area contributed by atoms with E-state index in [9.17, 15) is 0 Å². The number of ether oxygens (including phenoxy) is 1. The fourth-order valence-corrected chi connectivity index (χ4v) is 1.91. The molecule has 0 radical (unpaired) electrons. The van der Waals surface area contributed by atoms with Gasteiger partial charge in [0.25, 0.3) is 0 Å². The van der Waals surface area contributed by atoms with Crippen molar-refractivity contribution >= 4 is 0 Å². The average Bonchev–Trinajstić information content (AvgIpc) is 3.09. The smallest absolute Gasteiger partial charge is 0.176 e. The maximum absolute atomic E-state index is 5.50. The van der Waals surface area contributed by atoms with Crippen molar-refractivity contribution < 1.29 is 13.6 Å². The lowest BCUT2D eigenvalue weighted by Gasteiger charge is -2.03. The number of benzene rings is 1. The molecule has 3 aromatic rings. The number of hydrogen-bond donors (Lipinski definition) is 0. The Morgan fingerprint density at radius 3 is 2.39 bits per heavy atom. The molecule has 0 aliphatic rings. The summed E-state index contributed by atoms with van der Waals surface area (Å²) in [5.41, 5.74) is 2.07. The summed E-state index contributed by atoms with van der Waals surface area (Å²) < 4.78 is 16.0. The van der Waals surface area contributed by atoms with Gasteiger partial charge >= 0.3 is 0 Å². The Labute approximate surface area is 105 Å². The average molecular weight is 240 g/mol. The largest absolute Gasteiger partial charge is 0.497 e. The van der Waals surface area contributed by atoms with E-state index >= 15 is 0 Å².